The van der Waals surface area contributed by atoms with Gasteiger partial charge < -0.3 is 40.1 Å². The van der Waals surface area contributed by atoms with E-state index in [1.165, 1.54) is 148 Å². The third-order valence-electron chi connectivity index (χ3n) is 34.3. The minimum atomic E-state index is -2.62. The van der Waals surface area contributed by atoms with E-state index in [1.807, 2.05) is 33.5 Å². The predicted octanol–water partition coefficient (Wildman–Crippen LogP) is 27.7. The van der Waals surface area contributed by atoms with Crippen LogP contribution >= 0.6 is 0 Å². The Morgan fingerprint density at radius 3 is 0.932 bits per heavy atom. The molecule has 17 heteroatoms. The summed E-state index contributed by atoms with van der Waals surface area (Å²) in [5, 5.41) is 9.17. The van der Waals surface area contributed by atoms with Gasteiger partial charge in [-0.25, -0.2) is 4.79 Å². The lowest BCUT2D eigenvalue weighted by atomic mass is 9.95. The van der Waals surface area contributed by atoms with E-state index >= 15 is 0 Å². The van der Waals surface area contributed by atoms with Crippen LogP contribution in [-0.2, 0) is 46.8 Å². The van der Waals surface area contributed by atoms with Crippen LogP contribution in [0.15, 0.2) is 279 Å². The Balaban J connectivity index is 0.000000112. The first kappa shape index (κ1) is 96.6. The highest BCUT2D eigenvalue weighted by atomic mass is 28.4. The molecular weight excluding hydrogens is 1740 g/mol. The summed E-state index contributed by atoms with van der Waals surface area (Å²) in [6, 6.07) is 69.4. The van der Waals surface area contributed by atoms with Gasteiger partial charge in [0.2, 0.25) is 0 Å². The number of ether oxygens (including phenoxy) is 3. The van der Waals surface area contributed by atoms with Crippen molar-refractivity contribution < 1.29 is 44.9 Å². The number of carbonyl (C=O) groups excluding carboxylic acids is 1. The summed E-state index contributed by atoms with van der Waals surface area (Å²) in [4.78, 5) is 12.1. The molecule has 0 amide bonds. The topological polar surface area (TPSA) is 100 Å². The van der Waals surface area contributed by atoms with Gasteiger partial charge in [0.25, 0.3) is 8.32 Å². The van der Waals surface area contributed by atoms with Crippen LogP contribution in [0.3, 0.4) is 0 Å². The molecule has 0 aromatic heterocycles. The average molecular weight is 1890 g/mol. The van der Waals surface area contributed by atoms with E-state index in [1.54, 1.807) is 7.11 Å². The Morgan fingerprint density at radius 1 is 0.303 bits per heavy atom. The fraction of sp³-hybridized carbons (Fsp3) is 0.487. The van der Waals surface area contributed by atoms with Gasteiger partial charge in [-0.15, -0.1) is 0 Å². The molecule has 132 heavy (non-hydrogen) atoms. The summed E-state index contributed by atoms with van der Waals surface area (Å²) >= 11 is 0. The molecule has 0 saturated heterocycles. The van der Waals surface area contributed by atoms with Gasteiger partial charge >= 0.3 is 14.7 Å². The third kappa shape index (κ3) is 21.5. The molecule has 14 bridgehead atoms. The number of fused-ring (bicyclic) bond motifs is 19. The van der Waals surface area contributed by atoms with Gasteiger partial charge in [0.1, 0.15) is 6.61 Å². The molecule has 15 aliphatic rings. The van der Waals surface area contributed by atoms with Crippen LogP contribution in [0.25, 0.3) is 32.7 Å². The van der Waals surface area contributed by atoms with Crippen LogP contribution in [0, 0.1) is 94.7 Å². The van der Waals surface area contributed by atoms with Gasteiger partial charge in [0.05, 0.1) is 13.2 Å². The second kappa shape index (κ2) is 41.3. The Kier molecular flexibility index (Phi) is 30.3. The Labute approximate surface area is 799 Å². The molecule has 0 radical (unpaired) electrons. The first-order valence-electron chi connectivity index (χ1n) is 50.5. The van der Waals surface area contributed by atoms with Gasteiger partial charge in [-0.3, -0.25) is 0 Å². The smallest absolute Gasteiger partial charge is 0.446 e. The van der Waals surface area contributed by atoms with E-state index in [4.69, 9.17) is 40.1 Å². The van der Waals surface area contributed by atoms with Crippen LogP contribution in [0.5, 0.6) is 0 Å². The SMILES string of the molecule is COCC1CC2C=CC1C2.CO[Si](C)(C)C1CC2C=CC1C2.CO[Si](C)(C)C1CC2C=CC1C2.CO[Si](C)(C)C1CC2C=CC1C2.C[Si](C)(OCc1c2ccccc2cc2ccccc12)O[Si](C)(C)C1CC2C=CC1C2.C[Si](C)(O[Si](c1ccccc1)(c1ccccc1)c1ccccc1)C1CC2C=CC1C2.O=C(OCC1c2ccccc2-c2ccccc21)OCC1CC2C=CC1C2. The maximum atomic E-state index is 12.1. The number of hydrogen-bond donors (Lipinski definition) is 0. The number of carbonyl (C=O) groups is 1. The lowest BCUT2D eigenvalue weighted by Gasteiger charge is -2.44. The van der Waals surface area contributed by atoms with Crippen LogP contribution in [-0.4, -0.2) is 113 Å². The highest BCUT2D eigenvalue weighted by Crippen LogP contribution is 2.58. The quantitative estimate of drug-likeness (QED) is 0.0191. The fourth-order valence-electron chi connectivity index (χ4n) is 27.0. The molecule has 7 fully saturated rings. The molecule has 8 aromatic rings. The molecule has 7 saturated carbocycles. The first-order valence-corrected chi connectivity index (χ1v) is 70.2. The fourth-order valence-corrected chi connectivity index (χ4v) is 53.2. The van der Waals surface area contributed by atoms with Gasteiger partial charge in [-0.05, 0) is 356 Å². The number of allylic oxidation sites excluding steroid dienone is 14. The van der Waals surface area contributed by atoms with E-state index in [0.29, 0.717) is 49.0 Å². The molecule has 700 valence electrons. The zero-order valence-electron chi connectivity index (χ0n) is 82.1. The van der Waals surface area contributed by atoms with E-state index in [-0.39, 0.29) is 5.92 Å². The lowest BCUT2D eigenvalue weighted by molar-refractivity contribution is 0.0397. The zero-order chi connectivity index (χ0) is 92.3. The van der Waals surface area contributed by atoms with E-state index < -0.39 is 64.6 Å². The lowest BCUT2D eigenvalue weighted by Crippen LogP contribution is -2.73. The summed E-state index contributed by atoms with van der Waals surface area (Å²) < 4.78 is 54.3. The van der Waals surface area contributed by atoms with E-state index in [0.717, 1.165) is 106 Å². The van der Waals surface area contributed by atoms with Gasteiger partial charge in [-0.2, -0.15) is 0 Å². The van der Waals surface area contributed by atoms with E-state index in [9.17, 15) is 4.79 Å². The summed E-state index contributed by atoms with van der Waals surface area (Å²) in [5.41, 5.74) is 10.3. The predicted molar refractivity (Wildman–Crippen MR) is 564 cm³/mol. The number of methoxy groups -OCH3 is 1. The number of hydrogen-bond acceptors (Lipinski definition) is 10. The molecule has 0 N–H and O–H groups in total. The average Bonchev–Trinajstić information content (AvgIpc) is 1.46. The standard InChI is InChI=1S/C27H30OSi2.C26H32O2Si2.C23H22O3.3C10H18OSi.C9H14O/c1-29(2,27-21-22-18-19-23(27)20-22)28-30(24-12-6-3-7-13-24,25-14-8-4-9-15-25)26-16-10-5-11-17-26;1-29(2,26-16-19-13-14-22(26)15-19)28-30(3,4)27-18-25-23-11-7-5-9-20(23)17-21-10-6-8-12-24(21)25;24-23(25-13-17-12-15-9-10-16(17)11-15)26-14-22-20-7-3-1-5-18(20)19-6-2-4-8-21(19)22;3*1-11-12(2,3)10-7-8-4-5-9(10)6-8;1-10-6-9-5-7-2-3-8(9)4-7/h3-19,22-23,27H,20-21H2,1-2H3;5-14,17,19,22,26H,15-16,18H2,1-4H3;1-10,15-17,22H,11-14H2;3*4-5,8-10H,6-7H2,1-3H3;2-3,7-9H,4-6H2,1H3. The molecule has 8 aromatic carbocycles. The second-order valence-corrected chi connectivity index (χ2v) is 73.5. The highest BCUT2D eigenvalue weighted by molar-refractivity contribution is 7.10. The minimum Gasteiger partial charge on any atom is -0.446 e. The Bertz CT molecular complexity index is 5160. The first-order chi connectivity index (χ1) is 63.5. The van der Waals surface area contributed by atoms with Gasteiger partial charge in [0.15, 0.2) is 41.6 Å². The molecule has 0 aliphatic heterocycles. The van der Waals surface area contributed by atoms with Crippen molar-refractivity contribution in [3.63, 3.8) is 0 Å². The molecular formula is C115H152O10Si7. The maximum Gasteiger partial charge on any atom is 0.508 e. The van der Waals surface area contributed by atoms with E-state index in [2.05, 4.69) is 346 Å². The molecule has 0 spiro atoms. The minimum absolute atomic E-state index is 0.0837. The summed E-state index contributed by atoms with van der Waals surface area (Å²) in [5.74, 6) is 12.7. The van der Waals surface area contributed by atoms with Crippen LogP contribution in [0.4, 0.5) is 4.79 Å². The van der Waals surface area contributed by atoms with Crippen molar-refractivity contribution in [2.24, 2.45) is 94.7 Å². The van der Waals surface area contributed by atoms with Gasteiger partial charge in [-0.1, -0.05) is 273 Å². The van der Waals surface area contributed by atoms with Crippen molar-refractivity contribution in [3.8, 4) is 11.1 Å². The summed E-state index contributed by atoms with van der Waals surface area (Å²) in [7, 11) is -5.26. The summed E-state index contributed by atoms with van der Waals surface area (Å²) in [6.45, 7) is 30.7. The van der Waals surface area contributed by atoms with Crippen molar-refractivity contribution in [2.45, 2.75) is 209 Å². The van der Waals surface area contributed by atoms with Crippen molar-refractivity contribution >= 4 is 102 Å². The molecule has 23 rings (SSSR count). The van der Waals surface area contributed by atoms with Crippen LogP contribution < -0.4 is 15.6 Å². The monoisotopic (exact) mass is 1890 g/mol. The van der Waals surface area contributed by atoms with Crippen molar-refractivity contribution in [1.29, 1.82) is 0 Å². The molecule has 10 nitrogen and oxygen atoms in total. The second-order valence-electron chi connectivity index (χ2n) is 44.7. The molecule has 0 heterocycles. The Morgan fingerprint density at radius 2 is 0.606 bits per heavy atom. The normalized spacial score (nSPS) is 29.6. The number of benzene rings is 8. The van der Waals surface area contributed by atoms with Crippen molar-refractivity contribution in [1.82, 2.24) is 0 Å². The molecule has 21 unspecified atom stereocenters. The zero-order valence-corrected chi connectivity index (χ0v) is 89.1. The largest absolute Gasteiger partial charge is 0.508 e. The third-order valence-corrected chi connectivity index (χ3v) is 61.4. The summed E-state index contributed by atoms with van der Waals surface area (Å²) in [6.07, 6.45) is 51.9. The van der Waals surface area contributed by atoms with Gasteiger partial charge in [0, 0.05) is 46.9 Å². The van der Waals surface area contributed by atoms with Crippen LogP contribution in [0.1, 0.15) is 112 Å². The number of rotatable bonds is 24. The highest BCUT2D eigenvalue weighted by Gasteiger charge is 2.55. The van der Waals surface area contributed by atoms with Crippen molar-refractivity contribution in [2.75, 3.05) is 48.3 Å². The van der Waals surface area contributed by atoms with Crippen molar-refractivity contribution in [3.05, 3.63) is 296 Å². The Hall–Kier alpha value is -7.03. The molecule has 21 atom stereocenters. The van der Waals surface area contributed by atoms with Crippen LogP contribution in [0.2, 0.25) is 106 Å². The maximum absolute atomic E-state index is 12.1. The molecule has 15 aliphatic carbocycles.